The molecule has 1 aromatic carbocycles. The Bertz CT molecular complexity index is 476. The van der Waals surface area contributed by atoms with Gasteiger partial charge >= 0.3 is 0 Å². The van der Waals surface area contributed by atoms with Gasteiger partial charge in [0.2, 0.25) is 0 Å². The fraction of sp³-hybridized carbons (Fsp3) is 0.500. The minimum Gasteiger partial charge on any atom is -0.294 e. The molecule has 2 rings (SSSR count). The Morgan fingerprint density at radius 2 is 1.95 bits per heavy atom. The van der Waals surface area contributed by atoms with Crippen LogP contribution in [0.3, 0.4) is 0 Å². The molecule has 1 aromatic rings. The lowest BCUT2D eigenvalue weighted by Crippen LogP contribution is -2.47. The van der Waals surface area contributed by atoms with Gasteiger partial charge in [-0.25, -0.2) is 8.78 Å². The molecule has 0 saturated carbocycles. The summed E-state index contributed by atoms with van der Waals surface area (Å²) in [6.07, 6.45) is 0. The highest BCUT2D eigenvalue weighted by Gasteiger charge is 2.23. The quantitative estimate of drug-likeness (QED) is 0.785. The molecule has 1 unspecified atom stereocenters. The van der Waals surface area contributed by atoms with E-state index >= 15 is 0 Å². The molecule has 0 aromatic heterocycles. The Morgan fingerprint density at radius 3 is 2.53 bits per heavy atom. The molecule has 5 heteroatoms. The predicted octanol–water partition coefficient (Wildman–Crippen LogP) is 2.17. The summed E-state index contributed by atoms with van der Waals surface area (Å²) in [6, 6.07) is 5.79. The lowest BCUT2D eigenvalue weighted by Gasteiger charge is -2.37. The highest BCUT2D eigenvalue weighted by atomic mass is 19.1. The van der Waals surface area contributed by atoms with Crippen LogP contribution in [0.25, 0.3) is 0 Å². The van der Waals surface area contributed by atoms with Crippen LogP contribution in [0.1, 0.15) is 18.5 Å². The van der Waals surface area contributed by atoms with E-state index in [9.17, 15) is 8.78 Å². The highest BCUT2D eigenvalue weighted by Crippen LogP contribution is 2.24. The van der Waals surface area contributed by atoms with E-state index < -0.39 is 11.6 Å². The average Bonchev–Trinajstić information content (AvgIpc) is 2.39. The first-order valence-corrected chi connectivity index (χ1v) is 6.40. The fourth-order valence-electron chi connectivity index (χ4n) is 2.45. The smallest absolute Gasteiger partial charge is 0.130 e. The summed E-state index contributed by atoms with van der Waals surface area (Å²) in [7, 11) is 0. The van der Waals surface area contributed by atoms with Crippen molar-refractivity contribution in [1.29, 1.82) is 5.26 Å². The van der Waals surface area contributed by atoms with E-state index in [1.165, 1.54) is 12.1 Å². The number of nitriles is 1. The first-order chi connectivity index (χ1) is 9.11. The lowest BCUT2D eigenvalue weighted by atomic mass is 10.1. The van der Waals surface area contributed by atoms with Crippen molar-refractivity contribution in [3.05, 3.63) is 35.4 Å². The largest absolute Gasteiger partial charge is 0.294 e. The molecule has 1 heterocycles. The Balaban J connectivity index is 2.01. The Hall–Kier alpha value is -1.51. The van der Waals surface area contributed by atoms with Crippen LogP contribution in [-0.4, -0.2) is 42.5 Å². The minimum absolute atomic E-state index is 0.0789. The standard InChI is InChI=1S/C14H17F2N3/c1-11(13-3-2-12(15)10-14(13)16)19-8-6-18(5-4-17)7-9-19/h2-3,10-11H,5-9H2,1H3. The second-order valence-corrected chi connectivity index (χ2v) is 4.81. The molecule has 0 radical (unpaired) electrons. The second-order valence-electron chi connectivity index (χ2n) is 4.81. The topological polar surface area (TPSA) is 30.3 Å². The number of hydrogen-bond donors (Lipinski definition) is 0. The van der Waals surface area contributed by atoms with E-state index in [0.29, 0.717) is 12.1 Å². The van der Waals surface area contributed by atoms with Crippen molar-refractivity contribution in [3.8, 4) is 6.07 Å². The van der Waals surface area contributed by atoms with Crippen LogP contribution in [0.2, 0.25) is 0 Å². The Labute approximate surface area is 112 Å². The fourth-order valence-corrected chi connectivity index (χ4v) is 2.45. The van der Waals surface area contributed by atoms with Crippen molar-refractivity contribution < 1.29 is 8.78 Å². The number of hydrogen-bond acceptors (Lipinski definition) is 3. The molecule has 19 heavy (non-hydrogen) atoms. The predicted molar refractivity (Wildman–Crippen MR) is 68.4 cm³/mol. The zero-order chi connectivity index (χ0) is 13.8. The summed E-state index contributed by atoms with van der Waals surface area (Å²) >= 11 is 0. The average molecular weight is 265 g/mol. The van der Waals surface area contributed by atoms with E-state index in [1.54, 1.807) is 0 Å². The molecule has 3 nitrogen and oxygen atoms in total. The van der Waals surface area contributed by atoms with Gasteiger partial charge in [-0.15, -0.1) is 0 Å². The van der Waals surface area contributed by atoms with Gasteiger partial charge in [0.15, 0.2) is 0 Å². The molecule has 102 valence electrons. The number of piperazine rings is 1. The zero-order valence-corrected chi connectivity index (χ0v) is 10.9. The van der Waals surface area contributed by atoms with E-state index in [1.807, 2.05) is 6.92 Å². The van der Waals surface area contributed by atoms with Crippen LogP contribution in [0.5, 0.6) is 0 Å². The van der Waals surface area contributed by atoms with Crippen LogP contribution in [-0.2, 0) is 0 Å². The summed E-state index contributed by atoms with van der Waals surface area (Å²) in [5.74, 6) is -1.04. The summed E-state index contributed by atoms with van der Waals surface area (Å²) in [6.45, 7) is 5.56. The van der Waals surface area contributed by atoms with Crippen LogP contribution in [0, 0.1) is 23.0 Å². The number of halogens is 2. The maximum absolute atomic E-state index is 13.7. The van der Waals surface area contributed by atoms with Gasteiger partial charge < -0.3 is 0 Å². The SMILES string of the molecule is CC(c1ccc(F)cc1F)N1CCN(CC#N)CC1. The first-order valence-electron chi connectivity index (χ1n) is 6.40. The molecule has 1 aliphatic heterocycles. The third-order valence-corrected chi connectivity index (χ3v) is 3.66. The third kappa shape index (κ3) is 3.28. The second kappa shape index (κ2) is 6.09. The first kappa shape index (κ1) is 13.9. The summed E-state index contributed by atoms with van der Waals surface area (Å²) in [4.78, 5) is 4.23. The molecule has 1 saturated heterocycles. The number of benzene rings is 1. The summed E-state index contributed by atoms with van der Waals surface area (Å²) in [5, 5.41) is 8.64. The van der Waals surface area contributed by atoms with Crippen molar-refractivity contribution in [2.45, 2.75) is 13.0 Å². The van der Waals surface area contributed by atoms with Gasteiger partial charge in [0.05, 0.1) is 12.6 Å². The summed E-state index contributed by atoms with van der Waals surface area (Å²) < 4.78 is 26.6. The minimum atomic E-state index is -0.549. The van der Waals surface area contributed by atoms with E-state index in [2.05, 4.69) is 15.9 Å². The van der Waals surface area contributed by atoms with Gasteiger partial charge in [-0.2, -0.15) is 5.26 Å². The molecule has 0 spiro atoms. The Morgan fingerprint density at radius 1 is 1.26 bits per heavy atom. The van der Waals surface area contributed by atoms with Crippen molar-refractivity contribution >= 4 is 0 Å². The van der Waals surface area contributed by atoms with Crippen LogP contribution in [0.15, 0.2) is 18.2 Å². The van der Waals surface area contributed by atoms with Crippen molar-refractivity contribution in [2.75, 3.05) is 32.7 Å². The van der Waals surface area contributed by atoms with Gasteiger partial charge in [0.25, 0.3) is 0 Å². The van der Waals surface area contributed by atoms with E-state index in [-0.39, 0.29) is 6.04 Å². The van der Waals surface area contributed by atoms with Crippen molar-refractivity contribution in [1.82, 2.24) is 9.80 Å². The van der Waals surface area contributed by atoms with Gasteiger partial charge in [-0.3, -0.25) is 9.80 Å². The van der Waals surface area contributed by atoms with Gasteiger partial charge in [-0.1, -0.05) is 6.07 Å². The van der Waals surface area contributed by atoms with Crippen LogP contribution in [0.4, 0.5) is 8.78 Å². The normalized spacial score (nSPS) is 19.1. The van der Waals surface area contributed by atoms with Crippen molar-refractivity contribution in [3.63, 3.8) is 0 Å². The van der Waals surface area contributed by atoms with Crippen molar-refractivity contribution in [2.24, 2.45) is 0 Å². The maximum atomic E-state index is 13.7. The number of rotatable bonds is 3. The maximum Gasteiger partial charge on any atom is 0.130 e. The molecule has 1 atom stereocenters. The van der Waals surface area contributed by atoms with E-state index in [4.69, 9.17) is 5.26 Å². The Kier molecular flexibility index (Phi) is 4.46. The van der Waals surface area contributed by atoms with Crippen LogP contribution >= 0.6 is 0 Å². The molecule has 1 aliphatic rings. The van der Waals surface area contributed by atoms with E-state index in [0.717, 1.165) is 32.2 Å². The molecule has 0 bridgehead atoms. The lowest BCUT2D eigenvalue weighted by molar-refractivity contribution is 0.109. The molecule has 0 amide bonds. The monoisotopic (exact) mass is 265 g/mol. The zero-order valence-electron chi connectivity index (χ0n) is 10.9. The molecule has 1 fully saturated rings. The molecule has 0 aliphatic carbocycles. The van der Waals surface area contributed by atoms with Gasteiger partial charge in [0, 0.05) is 43.9 Å². The van der Waals surface area contributed by atoms with Gasteiger partial charge in [-0.05, 0) is 13.0 Å². The number of nitrogens with zero attached hydrogens (tertiary/aromatic N) is 3. The van der Waals surface area contributed by atoms with Gasteiger partial charge in [0.1, 0.15) is 11.6 Å². The van der Waals surface area contributed by atoms with Crippen LogP contribution < -0.4 is 0 Å². The molecular weight excluding hydrogens is 248 g/mol. The molecule has 0 N–H and O–H groups in total. The summed E-state index contributed by atoms with van der Waals surface area (Å²) in [5.41, 5.74) is 0.523. The molecular formula is C14H17F2N3. The highest BCUT2D eigenvalue weighted by molar-refractivity contribution is 5.21. The third-order valence-electron chi connectivity index (χ3n) is 3.66.